The van der Waals surface area contributed by atoms with E-state index in [2.05, 4.69) is 23.2 Å². The third kappa shape index (κ3) is 2.64. The number of ether oxygens (including phenoxy) is 1. The van der Waals surface area contributed by atoms with Gasteiger partial charge in [-0.1, -0.05) is 0 Å². The number of nitrogens with zero attached hydrogens (tertiary/aromatic N) is 5. The van der Waals surface area contributed by atoms with Crippen LogP contribution in [0, 0.1) is 18.3 Å². The molecule has 0 radical (unpaired) electrons. The van der Waals surface area contributed by atoms with Crippen LogP contribution < -0.4 is 4.74 Å². The monoisotopic (exact) mass is 369 g/mol. The summed E-state index contributed by atoms with van der Waals surface area (Å²) >= 11 is 0. The van der Waals surface area contributed by atoms with Gasteiger partial charge in [0.1, 0.15) is 17.5 Å². The number of hydrogen-bond donors (Lipinski definition) is 0. The zero-order valence-electron chi connectivity index (χ0n) is 15.8. The fourth-order valence-electron chi connectivity index (χ4n) is 4.11. The van der Waals surface area contributed by atoms with Gasteiger partial charge in [0, 0.05) is 18.5 Å². The summed E-state index contributed by atoms with van der Waals surface area (Å²) in [7, 11) is 1.89. The van der Waals surface area contributed by atoms with Gasteiger partial charge in [0.15, 0.2) is 0 Å². The van der Waals surface area contributed by atoms with Gasteiger partial charge in [-0.05, 0) is 60.7 Å². The van der Waals surface area contributed by atoms with Gasteiger partial charge < -0.3 is 4.74 Å². The van der Waals surface area contributed by atoms with Crippen LogP contribution in [0.15, 0.2) is 48.9 Å². The Labute approximate surface area is 162 Å². The van der Waals surface area contributed by atoms with Gasteiger partial charge in [0.05, 0.1) is 35.7 Å². The van der Waals surface area contributed by atoms with E-state index in [-0.39, 0.29) is 6.10 Å². The number of aryl methyl sites for hydroxylation is 3. The molecular formula is C22H19N5O. The predicted octanol–water partition coefficient (Wildman–Crippen LogP) is 4.01. The molecule has 0 N–H and O–H groups in total. The molecule has 0 spiro atoms. The van der Waals surface area contributed by atoms with Crippen LogP contribution in [0.3, 0.4) is 0 Å². The Balaban J connectivity index is 1.50. The average molecular weight is 369 g/mol. The topological polar surface area (TPSA) is 68.7 Å². The van der Waals surface area contributed by atoms with Crippen LogP contribution in [-0.2, 0) is 13.5 Å². The van der Waals surface area contributed by atoms with Gasteiger partial charge in [0.25, 0.3) is 0 Å². The summed E-state index contributed by atoms with van der Waals surface area (Å²) in [5, 5.41) is 19.0. The average Bonchev–Trinajstić information content (AvgIpc) is 3.40. The molecule has 4 aromatic rings. The molecule has 1 unspecified atom stereocenters. The Morgan fingerprint density at radius 1 is 1.18 bits per heavy atom. The molecule has 1 aliphatic carbocycles. The number of benzene rings is 2. The molecular weight excluding hydrogens is 350 g/mol. The van der Waals surface area contributed by atoms with Crippen LogP contribution in [0.2, 0.25) is 0 Å². The van der Waals surface area contributed by atoms with Crippen molar-refractivity contribution in [2.75, 3.05) is 0 Å². The first-order valence-corrected chi connectivity index (χ1v) is 9.29. The van der Waals surface area contributed by atoms with Crippen molar-refractivity contribution in [3.05, 3.63) is 71.2 Å². The van der Waals surface area contributed by atoms with Gasteiger partial charge in [-0.15, -0.1) is 0 Å². The summed E-state index contributed by atoms with van der Waals surface area (Å²) in [5.74, 6) is 0.819. The summed E-state index contributed by atoms with van der Waals surface area (Å²) in [4.78, 5) is 0. The number of rotatable bonds is 3. The number of aromatic nitrogens is 4. The fourth-order valence-corrected chi connectivity index (χ4v) is 4.11. The Morgan fingerprint density at radius 3 is 2.86 bits per heavy atom. The van der Waals surface area contributed by atoms with Crippen LogP contribution >= 0.6 is 0 Å². The zero-order chi connectivity index (χ0) is 19.3. The van der Waals surface area contributed by atoms with E-state index < -0.39 is 0 Å². The van der Waals surface area contributed by atoms with Crippen molar-refractivity contribution in [3.8, 4) is 17.5 Å². The van der Waals surface area contributed by atoms with Crippen LogP contribution in [0.1, 0.15) is 34.8 Å². The van der Waals surface area contributed by atoms with Crippen molar-refractivity contribution in [1.82, 2.24) is 19.6 Å². The van der Waals surface area contributed by atoms with Crippen LogP contribution in [0.25, 0.3) is 16.6 Å². The SMILES string of the molecule is Cc1cc(C#N)cc2c1C(Oc1ccc3cnn(-c4cnn(C)c4)c3c1)CC2. The highest BCUT2D eigenvalue weighted by Gasteiger charge is 2.26. The molecule has 2 aromatic carbocycles. The van der Waals surface area contributed by atoms with Gasteiger partial charge in [0.2, 0.25) is 0 Å². The van der Waals surface area contributed by atoms with E-state index in [1.54, 1.807) is 10.9 Å². The van der Waals surface area contributed by atoms with Crippen molar-refractivity contribution in [1.29, 1.82) is 5.26 Å². The summed E-state index contributed by atoms with van der Waals surface area (Å²) in [6.07, 6.45) is 7.45. The van der Waals surface area contributed by atoms with E-state index in [0.717, 1.165) is 46.3 Å². The molecule has 0 amide bonds. The molecule has 1 aliphatic rings. The minimum absolute atomic E-state index is 0.00922. The Morgan fingerprint density at radius 2 is 2.07 bits per heavy atom. The predicted molar refractivity (Wildman–Crippen MR) is 105 cm³/mol. The Bertz CT molecular complexity index is 1240. The van der Waals surface area contributed by atoms with E-state index in [1.807, 2.05) is 54.5 Å². The molecule has 6 heteroatoms. The molecule has 5 rings (SSSR count). The summed E-state index contributed by atoms with van der Waals surface area (Å²) in [6, 6.07) is 12.2. The summed E-state index contributed by atoms with van der Waals surface area (Å²) in [6.45, 7) is 2.06. The number of hydrogen-bond acceptors (Lipinski definition) is 4. The van der Waals surface area contributed by atoms with Crippen molar-refractivity contribution in [2.45, 2.75) is 25.9 Å². The molecule has 2 heterocycles. The van der Waals surface area contributed by atoms with Crippen LogP contribution in [0.5, 0.6) is 5.75 Å². The quantitative estimate of drug-likeness (QED) is 0.547. The highest BCUT2D eigenvalue weighted by molar-refractivity contribution is 5.81. The molecule has 0 saturated carbocycles. The molecule has 0 bridgehead atoms. The molecule has 0 fully saturated rings. The van der Waals surface area contributed by atoms with E-state index in [1.165, 1.54) is 11.1 Å². The summed E-state index contributed by atoms with van der Waals surface area (Å²) in [5.41, 5.74) is 6.20. The van der Waals surface area contributed by atoms with Crippen molar-refractivity contribution < 1.29 is 4.74 Å². The lowest BCUT2D eigenvalue weighted by atomic mass is 10.00. The van der Waals surface area contributed by atoms with Crippen molar-refractivity contribution >= 4 is 10.9 Å². The maximum atomic E-state index is 9.20. The smallest absolute Gasteiger partial charge is 0.125 e. The second-order valence-corrected chi connectivity index (χ2v) is 7.27. The van der Waals surface area contributed by atoms with Gasteiger partial charge >= 0.3 is 0 Å². The number of fused-ring (bicyclic) bond motifs is 2. The van der Waals surface area contributed by atoms with Gasteiger partial charge in [-0.25, -0.2) is 4.68 Å². The molecule has 0 saturated heterocycles. The standard InChI is InChI=1S/C22H19N5O/c1-14-7-15(10-23)8-16-4-6-21(22(14)16)28-19-5-3-17-11-25-27(20(17)9-19)18-12-24-26(2)13-18/h3,5,7-9,11-13,21H,4,6H2,1-2H3. The van der Waals surface area contributed by atoms with Gasteiger partial charge in [-0.3, -0.25) is 4.68 Å². The second kappa shape index (κ2) is 6.24. The lowest BCUT2D eigenvalue weighted by Gasteiger charge is -2.17. The largest absolute Gasteiger partial charge is 0.486 e. The first-order chi connectivity index (χ1) is 13.6. The van der Waals surface area contributed by atoms with Gasteiger partial charge in [-0.2, -0.15) is 15.5 Å². The van der Waals surface area contributed by atoms with E-state index >= 15 is 0 Å². The lowest BCUT2D eigenvalue weighted by molar-refractivity contribution is 0.207. The molecule has 28 heavy (non-hydrogen) atoms. The molecule has 6 nitrogen and oxygen atoms in total. The minimum Gasteiger partial charge on any atom is -0.486 e. The molecule has 138 valence electrons. The zero-order valence-corrected chi connectivity index (χ0v) is 15.8. The second-order valence-electron chi connectivity index (χ2n) is 7.27. The first kappa shape index (κ1) is 16.6. The van der Waals surface area contributed by atoms with E-state index in [4.69, 9.17) is 4.74 Å². The molecule has 1 atom stereocenters. The van der Waals surface area contributed by atoms with Crippen LogP contribution in [-0.4, -0.2) is 19.6 Å². The maximum Gasteiger partial charge on any atom is 0.125 e. The minimum atomic E-state index is 0.00922. The third-order valence-electron chi connectivity index (χ3n) is 5.36. The highest BCUT2D eigenvalue weighted by atomic mass is 16.5. The third-order valence-corrected chi connectivity index (χ3v) is 5.36. The highest BCUT2D eigenvalue weighted by Crippen LogP contribution is 2.38. The Kier molecular flexibility index (Phi) is 3.69. The van der Waals surface area contributed by atoms with Crippen molar-refractivity contribution in [2.24, 2.45) is 7.05 Å². The molecule has 2 aromatic heterocycles. The summed E-state index contributed by atoms with van der Waals surface area (Å²) < 4.78 is 10.0. The van der Waals surface area contributed by atoms with Crippen molar-refractivity contribution in [3.63, 3.8) is 0 Å². The fraction of sp³-hybridized carbons (Fsp3) is 0.227. The maximum absolute atomic E-state index is 9.20. The van der Waals surface area contributed by atoms with E-state index in [9.17, 15) is 5.26 Å². The van der Waals surface area contributed by atoms with Crippen LogP contribution in [0.4, 0.5) is 0 Å². The Hall–Kier alpha value is -3.59. The molecule has 0 aliphatic heterocycles. The first-order valence-electron chi connectivity index (χ1n) is 9.29. The number of nitriles is 1. The normalized spacial score (nSPS) is 15.5. The lowest BCUT2D eigenvalue weighted by Crippen LogP contribution is -2.05. The van der Waals surface area contributed by atoms with E-state index in [0.29, 0.717) is 0 Å².